The number of benzene rings is 3. The van der Waals surface area contributed by atoms with Crippen molar-refractivity contribution >= 4 is 28.6 Å². The molecule has 1 fully saturated rings. The van der Waals surface area contributed by atoms with Crippen LogP contribution in [-0.4, -0.2) is 44.8 Å². The Morgan fingerprint density at radius 2 is 1.90 bits per heavy atom. The van der Waals surface area contributed by atoms with Crippen molar-refractivity contribution in [1.82, 2.24) is 14.5 Å². The van der Waals surface area contributed by atoms with E-state index >= 15 is 4.39 Å². The first-order valence-corrected chi connectivity index (χ1v) is 13.8. The zero-order chi connectivity index (χ0) is 29.7. The Balaban J connectivity index is 1.28. The molecule has 1 N–H and O–H groups in total. The summed E-state index contributed by atoms with van der Waals surface area (Å²) in [7, 11) is 0. The molecule has 2 atom stereocenters. The summed E-state index contributed by atoms with van der Waals surface area (Å²) in [5.41, 5.74) is 1.55. The summed E-state index contributed by atoms with van der Waals surface area (Å²) in [4.78, 5) is 18.4. The number of carboxylic acid groups (broad SMARTS) is 1. The van der Waals surface area contributed by atoms with Gasteiger partial charge in [0.1, 0.15) is 41.1 Å². The molecule has 0 radical (unpaired) electrons. The Morgan fingerprint density at radius 3 is 2.57 bits per heavy atom. The molecule has 220 valence electrons. The first kappa shape index (κ1) is 28.4. The average molecular weight is 604 g/mol. The normalized spacial score (nSPS) is 18.6. The number of aromatic carboxylic acids is 1. The van der Waals surface area contributed by atoms with Gasteiger partial charge in [-0.1, -0.05) is 11.6 Å². The molecule has 7 nitrogen and oxygen atoms in total. The fraction of sp³-hybridized carbons (Fsp3) is 0.333. The van der Waals surface area contributed by atoms with Crippen LogP contribution in [0.25, 0.3) is 11.0 Å². The number of rotatable bonds is 8. The van der Waals surface area contributed by atoms with Crippen LogP contribution in [0.15, 0.2) is 36.4 Å². The third-order valence-electron chi connectivity index (χ3n) is 8.02. The molecule has 1 aromatic heterocycles. The van der Waals surface area contributed by atoms with E-state index in [0.29, 0.717) is 56.1 Å². The number of hydrogen-bond donors (Lipinski definition) is 1. The maximum absolute atomic E-state index is 15.4. The van der Waals surface area contributed by atoms with Crippen molar-refractivity contribution in [3.8, 4) is 5.75 Å². The lowest BCUT2D eigenvalue weighted by molar-refractivity contribution is -0.0593. The Hall–Kier alpha value is -3.67. The first-order valence-electron chi connectivity index (χ1n) is 13.5. The quantitative estimate of drug-likeness (QED) is 0.234. The van der Waals surface area contributed by atoms with E-state index in [1.54, 1.807) is 16.7 Å². The van der Waals surface area contributed by atoms with E-state index in [4.69, 9.17) is 21.1 Å². The third-order valence-corrected chi connectivity index (χ3v) is 8.31. The van der Waals surface area contributed by atoms with Crippen LogP contribution in [0.4, 0.5) is 17.6 Å². The van der Waals surface area contributed by atoms with Gasteiger partial charge < -0.3 is 19.1 Å². The molecule has 3 aromatic carbocycles. The van der Waals surface area contributed by atoms with Gasteiger partial charge in [-0.15, -0.1) is 0 Å². The fourth-order valence-corrected chi connectivity index (χ4v) is 5.82. The number of carboxylic acids is 1. The van der Waals surface area contributed by atoms with Crippen LogP contribution in [-0.2, 0) is 30.9 Å². The van der Waals surface area contributed by atoms with Crippen LogP contribution < -0.4 is 4.74 Å². The van der Waals surface area contributed by atoms with Crippen LogP contribution in [0.1, 0.15) is 52.3 Å². The molecule has 1 saturated heterocycles. The van der Waals surface area contributed by atoms with Gasteiger partial charge in [-0.3, -0.25) is 4.90 Å². The van der Waals surface area contributed by atoms with Crippen molar-refractivity contribution in [2.75, 3.05) is 13.2 Å². The van der Waals surface area contributed by atoms with E-state index < -0.39 is 47.0 Å². The summed E-state index contributed by atoms with van der Waals surface area (Å²) in [6.07, 6.45) is 1.33. The maximum Gasteiger partial charge on any atom is 0.338 e. The standard InChI is InChI=1S/C30H26ClF4N3O4/c1-15-20-11-26(42-14-21-23(33)9-17(32)10-24(21)34)22(31)8-16(20)4-6-37(15)13-27-36-25-3-2-19(30(39)40)28(35)29(25)38(27)12-18-5-7-41-18/h2-3,8-11,15,18H,4-7,12-14H2,1H3,(H,39,40)/t15-,18-/m0/s1. The highest BCUT2D eigenvalue weighted by Crippen LogP contribution is 2.38. The van der Waals surface area contributed by atoms with Crippen LogP contribution in [0, 0.1) is 23.3 Å². The number of nitrogens with zero attached hydrogens (tertiary/aromatic N) is 3. The summed E-state index contributed by atoms with van der Waals surface area (Å²) < 4.78 is 69.9. The molecule has 12 heteroatoms. The lowest BCUT2D eigenvalue weighted by Crippen LogP contribution is -2.36. The number of ether oxygens (including phenoxy) is 2. The predicted octanol–water partition coefficient (Wildman–Crippen LogP) is 6.43. The monoisotopic (exact) mass is 603 g/mol. The van der Waals surface area contributed by atoms with Crippen molar-refractivity contribution in [3.05, 3.63) is 92.8 Å². The van der Waals surface area contributed by atoms with Gasteiger partial charge in [-0.2, -0.15) is 0 Å². The highest BCUT2D eigenvalue weighted by Gasteiger charge is 2.30. The lowest BCUT2D eigenvalue weighted by atomic mass is 9.93. The Kier molecular flexibility index (Phi) is 7.59. The predicted molar refractivity (Wildman–Crippen MR) is 146 cm³/mol. The molecular weight excluding hydrogens is 578 g/mol. The summed E-state index contributed by atoms with van der Waals surface area (Å²) in [6, 6.07) is 7.25. The van der Waals surface area contributed by atoms with Gasteiger partial charge in [0.15, 0.2) is 5.82 Å². The summed E-state index contributed by atoms with van der Waals surface area (Å²) in [5, 5.41) is 9.74. The van der Waals surface area contributed by atoms with E-state index in [1.807, 2.05) is 6.92 Å². The zero-order valence-corrected chi connectivity index (χ0v) is 23.2. The fourth-order valence-electron chi connectivity index (χ4n) is 5.58. The van der Waals surface area contributed by atoms with Gasteiger partial charge in [0.25, 0.3) is 0 Å². The topological polar surface area (TPSA) is 76.8 Å². The third kappa shape index (κ3) is 5.21. The highest BCUT2D eigenvalue weighted by atomic mass is 35.5. The van der Waals surface area contributed by atoms with Crippen molar-refractivity contribution in [2.24, 2.45) is 0 Å². The Morgan fingerprint density at radius 1 is 1.17 bits per heavy atom. The van der Waals surface area contributed by atoms with Crippen molar-refractivity contribution in [2.45, 2.75) is 51.6 Å². The second kappa shape index (κ2) is 11.2. The first-order chi connectivity index (χ1) is 20.1. The molecule has 0 unspecified atom stereocenters. The van der Waals surface area contributed by atoms with Gasteiger partial charge in [0, 0.05) is 31.3 Å². The highest BCUT2D eigenvalue weighted by molar-refractivity contribution is 6.32. The Labute approximate surface area is 243 Å². The molecule has 2 aliphatic rings. The molecule has 0 spiro atoms. The van der Waals surface area contributed by atoms with Crippen LogP contribution in [0.5, 0.6) is 5.75 Å². The molecule has 3 heterocycles. The minimum Gasteiger partial charge on any atom is -0.487 e. The number of halogens is 5. The molecular formula is C30H26ClF4N3O4. The van der Waals surface area contributed by atoms with Gasteiger partial charge in [-0.05, 0) is 55.2 Å². The van der Waals surface area contributed by atoms with Crippen molar-refractivity contribution in [3.63, 3.8) is 0 Å². The van der Waals surface area contributed by atoms with E-state index in [-0.39, 0.29) is 28.4 Å². The molecule has 42 heavy (non-hydrogen) atoms. The second-order valence-electron chi connectivity index (χ2n) is 10.5. The van der Waals surface area contributed by atoms with E-state index in [0.717, 1.165) is 17.5 Å². The summed E-state index contributed by atoms with van der Waals surface area (Å²) in [5.74, 6) is -4.51. The SMILES string of the molecule is C[C@H]1c2cc(OCc3c(F)cc(F)cc3F)c(Cl)cc2CCN1Cc1nc2ccc(C(=O)O)c(F)c2n1C[C@@H]1CCO1. The smallest absolute Gasteiger partial charge is 0.338 e. The molecule has 0 amide bonds. The largest absolute Gasteiger partial charge is 0.487 e. The zero-order valence-electron chi connectivity index (χ0n) is 22.5. The Bertz CT molecular complexity index is 1690. The van der Waals surface area contributed by atoms with Crippen LogP contribution in [0.2, 0.25) is 5.02 Å². The van der Waals surface area contributed by atoms with Crippen LogP contribution in [0.3, 0.4) is 0 Å². The van der Waals surface area contributed by atoms with E-state index in [2.05, 4.69) is 9.88 Å². The number of aromatic nitrogens is 2. The molecule has 4 aromatic rings. The van der Waals surface area contributed by atoms with Crippen LogP contribution >= 0.6 is 11.6 Å². The molecule has 6 rings (SSSR count). The molecule has 2 aliphatic heterocycles. The second-order valence-corrected chi connectivity index (χ2v) is 10.9. The van der Waals surface area contributed by atoms with Gasteiger partial charge in [0.05, 0.1) is 40.9 Å². The van der Waals surface area contributed by atoms with Crippen molar-refractivity contribution in [1.29, 1.82) is 0 Å². The number of hydrogen-bond acceptors (Lipinski definition) is 5. The maximum atomic E-state index is 15.4. The van der Waals surface area contributed by atoms with E-state index in [9.17, 15) is 23.1 Å². The van der Waals surface area contributed by atoms with Gasteiger partial charge >= 0.3 is 5.97 Å². The molecule has 0 saturated carbocycles. The van der Waals surface area contributed by atoms with Crippen molar-refractivity contribution < 1.29 is 36.9 Å². The number of carbonyl (C=O) groups is 1. The average Bonchev–Trinajstić information content (AvgIpc) is 3.25. The minimum absolute atomic E-state index is 0.119. The minimum atomic E-state index is -1.36. The summed E-state index contributed by atoms with van der Waals surface area (Å²) in [6.45, 7) is 3.45. The van der Waals surface area contributed by atoms with Gasteiger partial charge in [-0.25, -0.2) is 27.3 Å². The number of fused-ring (bicyclic) bond motifs is 2. The molecule has 0 aliphatic carbocycles. The summed E-state index contributed by atoms with van der Waals surface area (Å²) >= 11 is 6.44. The molecule has 0 bridgehead atoms. The lowest BCUT2D eigenvalue weighted by Gasteiger charge is -2.36. The van der Waals surface area contributed by atoms with E-state index in [1.165, 1.54) is 12.1 Å². The number of imidazole rings is 1. The van der Waals surface area contributed by atoms with Gasteiger partial charge in [0.2, 0.25) is 0 Å².